The van der Waals surface area contributed by atoms with Crippen molar-refractivity contribution < 1.29 is 14.3 Å². The molecule has 0 radical (unpaired) electrons. The molecule has 0 unspecified atom stereocenters. The van der Waals surface area contributed by atoms with Crippen molar-refractivity contribution in [1.29, 1.82) is 0 Å². The van der Waals surface area contributed by atoms with Gasteiger partial charge in [0.05, 0.1) is 12.6 Å². The van der Waals surface area contributed by atoms with Crippen LogP contribution in [0.1, 0.15) is 37.8 Å². The average molecular weight is 348 g/mol. The molecule has 1 atom stereocenters. The van der Waals surface area contributed by atoms with Gasteiger partial charge >= 0.3 is 0 Å². The molecule has 2 saturated heterocycles. The number of carbonyl (C=O) groups is 2. The molecule has 2 amide bonds. The van der Waals surface area contributed by atoms with Crippen molar-refractivity contribution >= 4 is 22.9 Å². The fraction of sp³-hybridized carbons (Fsp3) is 0.556. The first-order valence-electron chi connectivity index (χ1n) is 8.63. The van der Waals surface area contributed by atoms with Crippen LogP contribution in [0.25, 0.3) is 0 Å². The molecule has 24 heavy (non-hydrogen) atoms. The Bertz CT molecular complexity index is 590. The minimum atomic E-state index is 0.104. The Kier molecular flexibility index (Phi) is 5.66. The van der Waals surface area contributed by atoms with Gasteiger partial charge in [-0.3, -0.25) is 9.59 Å². The summed E-state index contributed by atoms with van der Waals surface area (Å²) in [6, 6.07) is 8.21. The minimum Gasteiger partial charge on any atom is -0.494 e. The molecule has 0 spiro atoms. The van der Waals surface area contributed by atoms with E-state index < -0.39 is 0 Å². The van der Waals surface area contributed by atoms with Gasteiger partial charge in [0.2, 0.25) is 5.91 Å². The number of rotatable bonds is 6. The third-order valence-electron chi connectivity index (χ3n) is 4.59. The van der Waals surface area contributed by atoms with Gasteiger partial charge in [-0.25, -0.2) is 0 Å². The van der Waals surface area contributed by atoms with Gasteiger partial charge in [0.25, 0.3) is 5.24 Å². The molecule has 0 aromatic heterocycles. The smallest absolute Gasteiger partial charge is 0.281 e. The van der Waals surface area contributed by atoms with E-state index in [0.29, 0.717) is 19.6 Å². The third kappa shape index (κ3) is 3.86. The summed E-state index contributed by atoms with van der Waals surface area (Å²) in [6.07, 6.45) is 2.44. The summed E-state index contributed by atoms with van der Waals surface area (Å²) in [6.45, 7) is 4.73. The Balaban J connectivity index is 1.59. The Morgan fingerprint density at radius 3 is 2.75 bits per heavy atom. The summed E-state index contributed by atoms with van der Waals surface area (Å²) in [4.78, 5) is 28.0. The largest absolute Gasteiger partial charge is 0.494 e. The van der Waals surface area contributed by atoms with E-state index >= 15 is 0 Å². The van der Waals surface area contributed by atoms with E-state index in [2.05, 4.69) is 12.1 Å². The molecule has 2 aliphatic heterocycles. The van der Waals surface area contributed by atoms with Crippen LogP contribution in [0, 0.1) is 0 Å². The van der Waals surface area contributed by atoms with Gasteiger partial charge in [-0.05, 0) is 37.5 Å². The standard InChI is InChI=1S/C18H24N2O3S/c1-2-23-15-7-5-14(6-8-15)16-4-3-10-20(16)17(21)9-11-19-12-13-24-18(19)22/h5-8,16H,2-4,9-13H2,1H3/t16-/m1/s1. The molecular weight excluding hydrogens is 324 g/mol. The maximum Gasteiger partial charge on any atom is 0.281 e. The average Bonchev–Trinajstić information content (AvgIpc) is 3.23. The van der Waals surface area contributed by atoms with Crippen molar-refractivity contribution in [2.24, 2.45) is 0 Å². The Morgan fingerprint density at radius 1 is 1.29 bits per heavy atom. The number of carbonyl (C=O) groups excluding carboxylic acids is 2. The molecule has 0 bridgehead atoms. The molecule has 0 aliphatic carbocycles. The zero-order chi connectivity index (χ0) is 16.9. The van der Waals surface area contributed by atoms with Crippen molar-refractivity contribution in [3.05, 3.63) is 29.8 Å². The first-order chi connectivity index (χ1) is 11.7. The predicted molar refractivity (Wildman–Crippen MR) is 95.3 cm³/mol. The molecule has 2 aliphatic rings. The predicted octanol–water partition coefficient (Wildman–Crippen LogP) is 3.31. The van der Waals surface area contributed by atoms with E-state index in [1.165, 1.54) is 11.8 Å². The van der Waals surface area contributed by atoms with Crippen molar-refractivity contribution in [2.75, 3.05) is 32.0 Å². The Morgan fingerprint density at radius 2 is 2.08 bits per heavy atom. The van der Waals surface area contributed by atoms with Gasteiger partial charge in [0.1, 0.15) is 5.75 Å². The zero-order valence-corrected chi connectivity index (χ0v) is 14.9. The van der Waals surface area contributed by atoms with Crippen molar-refractivity contribution in [3.63, 3.8) is 0 Å². The number of amides is 2. The second-order valence-corrected chi connectivity index (χ2v) is 7.14. The highest BCUT2D eigenvalue weighted by Crippen LogP contribution is 2.33. The second kappa shape index (κ2) is 7.92. The number of hydrogen-bond donors (Lipinski definition) is 0. The SMILES string of the molecule is CCOc1ccc([C@H]2CCCN2C(=O)CCN2CCSC2=O)cc1. The number of ether oxygens (including phenoxy) is 1. The van der Waals surface area contributed by atoms with Gasteiger partial charge < -0.3 is 14.5 Å². The highest BCUT2D eigenvalue weighted by Gasteiger charge is 2.30. The summed E-state index contributed by atoms with van der Waals surface area (Å²) >= 11 is 1.34. The lowest BCUT2D eigenvalue weighted by Crippen LogP contribution is -2.34. The molecule has 6 heteroatoms. The topological polar surface area (TPSA) is 49.9 Å². The van der Waals surface area contributed by atoms with E-state index in [-0.39, 0.29) is 17.2 Å². The number of benzene rings is 1. The van der Waals surface area contributed by atoms with E-state index in [4.69, 9.17) is 4.74 Å². The van der Waals surface area contributed by atoms with E-state index in [9.17, 15) is 9.59 Å². The molecule has 2 heterocycles. The van der Waals surface area contributed by atoms with Crippen LogP contribution in [0.3, 0.4) is 0 Å². The van der Waals surface area contributed by atoms with Crippen molar-refractivity contribution in [1.82, 2.24) is 9.80 Å². The van der Waals surface area contributed by atoms with Gasteiger partial charge in [-0.15, -0.1) is 0 Å². The number of likely N-dealkylation sites (tertiary alicyclic amines) is 1. The molecule has 3 rings (SSSR count). The molecule has 0 N–H and O–H groups in total. The third-order valence-corrected chi connectivity index (χ3v) is 5.48. The fourth-order valence-corrected chi connectivity index (χ4v) is 4.22. The van der Waals surface area contributed by atoms with Crippen LogP contribution in [0.2, 0.25) is 0 Å². The first-order valence-corrected chi connectivity index (χ1v) is 9.61. The van der Waals surface area contributed by atoms with Gasteiger partial charge in [0.15, 0.2) is 0 Å². The quantitative estimate of drug-likeness (QED) is 0.791. The fourth-order valence-electron chi connectivity index (χ4n) is 3.37. The summed E-state index contributed by atoms with van der Waals surface area (Å²) in [5, 5.41) is 0.104. The number of nitrogens with zero attached hydrogens (tertiary/aromatic N) is 2. The Labute approximate surface area is 147 Å². The summed E-state index contributed by atoms with van der Waals surface area (Å²) < 4.78 is 5.48. The van der Waals surface area contributed by atoms with Crippen LogP contribution < -0.4 is 4.74 Å². The first kappa shape index (κ1) is 17.1. The lowest BCUT2D eigenvalue weighted by atomic mass is 10.0. The maximum atomic E-state index is 12.6. The molecule has 5 nitrogen and oxygen atoms in total. The maximum absolute atomic E-state index is 12.6. The minimum absolute atomic E-state index is 0.104. The number of thioether (sulfide) groups is 1. The molecule has 0 saturated carbocycles. The highest BCUT2D eigenvalue weighted by atomic mass is 32.2. The number of hydrogen-bond acceptors (Lipinski definition) is 4. The van der Waals surface area contributed by atoms with Gasteiger partial charge in [0, 0.05) is 31.8 Å². The van der Waals surface area contributed by atoms with E-state index in [1.54, 1.807) is 4.90 Å². The highest BCUT2D eigenvalue weighted by molar-refractivity contribution is 8.13. The summed E-state index contributed by atoms with van der Waals surface area (Å²) in [5.41, 5.74) is 1.16. The van der Waals surface area contributed by atoms with Crippen LogP contribution in [0.5, 0.6) is 5.75 Å². The molecule has 1 aromatic rings. The zero-order valence-electron chi connectivity index (χ0n) is 14.1. The lowest BCUT2D eigenvalue weighted by molar-refractivity contribution is -0.132. The van der Waals surface area contributed by atoms with E-state index in [0.717, 1.165) is 43.0 Å². The van der Waals surface area contributed by atoms with Crippen LogP contribution in [-0.2, 0) is 4.79 Å². The van der Waals surface area contributed by atoms with Gasteiger partial charge in [-0.1, -0.05) is 23.9 Å². The molecular formula is C18H24N2O3S. The molecule has 1 aromatic carbocycles. The Hall–Kier alpha value is -1.69. The van der Waals surface area contributed by atoms with Crippen LogP contribution in [-0.4, -0.2) is 52.9 Å². The van der Waals surface area contributed by atoms with Gasteiger partial charge in [-0.2, -0.15) is 0 Å². The van der Waals surface area contributed by atoms with Crippen molar-refractivity contribution in [3.8, 4) is 5.75 Å². The lowest BCUT2D eigenvalue weighted by Gasteiger charge is -2.26. The normalized spacial score (nSPS) is 20.7. The molecule has 130 valence electrons. The second-order valence-electron chi connectivity index (χ2n) is 6.10. The van der Waals surface area contributed by atoms with E-state index in [1.807, 2.05) is 24.0 Å². The summed E-state index contributed by atoms with van der Waals surface area (Å²) in [7, 11) is 0. The van der Waals surface area contributed by atoms with Crippen LogP contribution in [0.15, 0.2) is 24.3 Å². The molecule has 2 fully saturated rings. The van der Waals surface area contributed by atoms with Crippen LogP contribution in [0.4, 0.5) is 4.79 Å². The van der Waals surface area contributed by atoms with Crippen LogP contribution >= 0.6 is 11.8 Å². The monoisotopic (exact) mass is 348 g/mol. The summed E-state index contributed by atoms with van der Waals surface area (Å²) in [5.74, 6) is 1.85. The van der Waals surface area contributed by atoms with Crippen molar-refractivity contribution in [2.45, 2.75) is 32.2 Å².